The van der Waals surface area contributed by atoms with Crippen LogP contribution in [0.2, 0.25) is 0 Å². The Kier molecular flexibility index (Phi) is 9.91. The van der Waals surface area contributed by atoms with Crippen molar-refractivity contribution in [2.75, 3.05) is 38.5 Å². The van der Waals surface area contributed by atoms with Crippen LogP contribution in [0.4, 0.5) is 5.69 Å². The molecule has 3 aliphatic rings. The van der Waals surface area contributed by atoms with Gasteiger partial charge in [-0.2, -0.15) is 5.10 Å². The Hall–Kier alpha value is -3.54. The summed E-state index contributed by atoms with van der Waals surface area (Å²) in [7, 11) is 3.80. The molecule has 3 aromatic rings. The summed E-state index contributed by atoms with van der Waals surface area (Å²) in [4.78, 5) is 41.0. The first-order chi connectivity index (χ1) is 22.1. The molecule has 3 atom stereocenters. The summed E-state index contributed by atoms with van der Waals surface area (Å²) in [5.41, 5.74) is 5.24. The van der Waals surface area contributed by atoms with Gasteiger partial charge in [0.25, 0.3) is 5.56 Å². The van der Waals surface area contributed by atoms with Crippen molar-refractivity contribution in [3.05, 3.63) is 85.7 Å². The van der Waals surface area contributed by atoms with Crippen molar-refractivity contribution in [3.8, 4) is 5.75 Å². The van der Waals surface area contributed by atoms with Crippen LogP contribution in [0, 0.1) is 6.92 Å². The lowest BCUT2D eigenvalue weighted by Gasteiger charge is -2.37. The Morgan fingerprint density at radius 3 is 2.50 bits per heavy atom. The second kappa shape index (κ2) is 14.1. The molecule has 0 radical (unpaired) electrons. The van der Waals surface area contributed by atoms with E-state index in [1.807, 2.05) is 25.1 Å². The van der Waals surface area contributed by atoms with E-state index in [0.717, 1.165) is 74.6 Å². The molecule has 46 heavy (non-hydrogen) atoms. The smallest absolute Gasteiger partial charge is 0.282 e. The van der Waals surface area contributed by atoms with Crippen LogP contribution < -0.4 is 20.9 Å². The highest BCUT2D eigenvalue weighted by atomic mass is 79.9. The molecule has 6 rings (SSSR count). The van der Waals surface area contributed by atoms with Gasteiger partial charge in [0.05, 0.1) is 17.8 Å². The van der Waals surface area contributed by atoms with Crippen LogP contribution in [0.5, 0.6) is 5.75 Å². The van der Waals surface area contributed by atoms with Crippen LogP contribution in [0.25, 0.3) is 0 Å². The first-order valence-corrected chi connectivity index (χ1v) is 17.0. The van der Waals surface area contributed by atoms with Crippen molar-refractivity contribution in [1.82, 2.24) is 24.9 Å². The number of piperidine rings is 3. The van der Waals surface area contributed by atoms with Crippen LogP contribution in [-0.4, -0.2) is 76.8 Å². The highest BCUT2D eigenvalue weighted by Gasteiger charge is 2.30. The molecule has 1 unspecified atom stereocenters. The van der Waals surface area contributed by atoms with Gasteiger partial charge in [-0.3, -0.25) is 24.6 Å². The minimum absolute atomic E-state index is 0.147. The lowest BCUT2D eigenvalue weighted by atomic mass is 9.87. The van der Waals surface area contributed by atoms with Crippen molar-refractivity contribution >= 4 is 33.4 Å². The number of benzene rings is 2. The molecule has 2 amide bonds. The number of likely N-dealkylation sites (N-methyl/N-ethyl adjacent to an activating group) is 1. The van der Waals surface area contributed by atoms with Crippen molar-refractivity contribution in [2.45, 2.75) is 69.6 Å². The number of anilines is 1. The standard InChI is InChI=1S/C35H43BrN6O4/c1-22-16-28(8-9-29(22)30-10-11-32(43)39-34(30)44)46-27-12-14-42(15-13-27)19-23-4-6-24(7-5-23)25-17-26(21-40(2)20-25)38-31-18-37-41(3)35(45)33(31)36/h4-9,16,18,25-27,30,38H,10-15,17,19-21H2,1-3H3,(H,39,43,44)/t25-,26+,30?/m1/s1. The fourth-order valence-corrected chi connectivity index (χ4v) is 7.60. The number of likely N-dealkylation sites (tertiary alicyclic amines) is 2. The van der Waals surface area contributed by atoms with E-state index in [1.54, 1.807) is 13.2 Å². The molecule has 4 heterocycles. The Bertz CT molecular complexity index is 1630. The molecule has 0 spiro atoms. The van der Waals surface area contributed by atoms with Gasteiger partial charge in [-0.15, -0.1) is 0 Å². The average Bonchev–Trinajstić information content (AvgIpc) is 3.03. The molecule has 3 aliphatic heterocycles. The summed E-state index contributed by atoms with van der Waals surface area (Å²) in [6.07, 6.45) is 5.73. The number of amides is 2. The zero-order valence-corrected chi connectivity index (χ0v) is 28.4. The average molecular weight is 692 g/mol. The molecule has 3 fully saturated rings. The van der Waals surface area contributed by atoms with Crippen molar-refractivity contribution in [1.29, 1.82) is 0 Å². The van der Waals surface area contributed by atoms with Gasteiger partial charge in [0.15, 0.2) is 0 Å². The minimum Gasteiger partial charge on any atom is -0.490 e. The topological polar surface area (TPSA) is 109 Å². The van der Waals surface area contributed by atoms with E-state index in [-0.39, 0.29) is 35.4 Å². The second-order valence-electron chi connectivity index (χ2n) is 13.2. The molecule has 10 nitrogen and oxygen atoms in total. The predicted octanol–water partition coefficient (Wildman–Crippen LogP) is 4.31. The molecule has 11 heteroatoms. The minimum atomic E-state index is -0.278. The molecule has 0 aliphatic carbocycles. The molecule has 244 valence electrons. The maximum atomic E-state index is 12.3. The summed E-state index contributed by atoms with van der Waals surface area (Å²) >= 11 is 3.44. The van der Waals surface area contributed by atoms with Gasteiger partial charge < -0.3 is 15.0 Å². The van der Waals surface area contributed by atoms with E-state index in [2.05, 4.69) is 72.8 Å². The van der Waals surface area contributed by atoms with Gasteiger partial charge in [0.2, 0.25) is 11.8 Å². The highest BCUT2D eigenvalue weighted by Crippen LogP contribution is 2.32. The van der Waals surface area contributed by atoms with Crippen molar-refractivity contribution in [2.24, 2.45) is 7.05 Å². The van der Waals surface area contributed by atoms with E-state index in [9.17, 15) is 14.4 Å². The number of hydrogen-bond donors (Lipinski definition) is 2. The Balaban J connectivity index is 0.986. The Morgan fingerprint density at radius 2 is 1.78 bits per heavy atom. The maximum Gasteiger partial charge on any atom is 0.282 e. The summed E-state index contributed by atoms with van der Waals surface area (Å²) in [5, 5.41) is 10.2. The fourth-order valence-electron chi connectivity index (χ4n) is 7.13. The van der Waals surface area contributed by atoms with E-state index in [1.165, 1.54) is 15.8 Å². The van der Waals surface area contributed by atoms with Crippen molar-refractivity contribution in [3.63, 3.8) is 0 Å². The number of imide groups is 1. The van der Waals surface area contributed by atoms with Gasteiger partial charge in [-0.05, 0) is 95.9 Å². The Morgan fingerprint density at radius 1 is 1.02 bits per heavy atom. The number of aromatic nitrogens is 2. The molecule has 2 N–H and O–H groups in total. The van der Waals surface area contributed by atoms with Crippen LogP contribution in [0.15, 0.2) is 57.9 Å². The molecular weight excluding hydrogens is 648 g/mol. The summed E-state index contributed by atoms with van der Waals surface area (Å²) < 4.78 is 8.21. The number of halogens is 1. The van der Waals surface area contributed by atoms with Crippen LogP contribution in [0.3, 0.4) is 0 Å². The number of aryl methyl sites for hydroxylation is 2. The summed E-state index contributed by atoms with van der Waals surface area (Å²) in [5.74, 6) is 0.566. The number of carbonyl (C=O) groups is 2. The fraction of sp³-hybridized carbons (Fsp3) is 0.486. The van der Waals surface area contributed by atoms with Crippen molar-refractivity contribution < 1.29 is 14.3 Å². The highest BCUT2D eigenvalue weighted by molar-refractivity contribution is 9.10. The third kappa shape index (κ3) is 7.53. The number of hydrogen-bond acceptors (Lipinski definition) is 8. The number of ether oxygens (including phenoxy) is 1. The number of carbonyl (C=O) groups excluding carboxylic acids is 2. The predicted molar refractivity (Wildman–Crippen MR) is 181 cm³/mol. The van der Waals surface area contributed by atoms with E-state index < -0.39 is 0 Å². The maximum absolute atomic E-state index is 12.3. The molecule has 0 saturated carbocycles. The second-order valence-corrected chi connectivity index (χ2v) is 13.9. The largest absolute Gasteiger partial charge is 0.490 e. The van der Waals surface area contributed by atoms with E-state index in [0.29, 0.717) is 23.2 Å². The van der Waals surface area contributed by atoms with Gasteiger partial charge in [0.1, 0.15) is 16.3 Å². The van der Waals surface area contributed by atoms with E-state index in [4.69, 9.17) is 4.74 Å². The molecule has 3 saturated heterocycles. The molecule has 0 bridgehead atoms. The first-order valence-electron chi connectivity index (χ1n) is 16.2. The zero-order chi connectivity index (χ0) is 32.4. The number of nitrogens with zero attached hydrogens (tertiary/aromatic N) is 4. The van der Waals surface area contributed by atoms with Crippen LogP contribution >= 0.6 is 15.9 Å². The molecular formula is C35H43BrN6O4. The third-order valence-corrected chi connectivity index (χ3v) is 10.4. The monoisotopic (exact) mass is 690 g/mol. The lowest BCUT2D eigenvalue weighted by Crippen LogP contribution is -2.43. The summed E-state index contributed by atoms with van der Waals surface area (Å²) in [6.45, 7) is 6.80. The molecule has 2 aromatic carbocycles. The summed E-state index contributed by atoms with van der Waals surface area (Å²) in [6, 6.07) is 15.3. The van der Waals surface area contributed by atoms with Gasteiger partial charge in [0, 0.05) is 52.2 Å². The van der Waals surface area contributed by atoms with E-state index >= 15 is 0 Å². The number of rotatable bonds is 8. The lowest BCUT2D eigenvalue weighted by molar-refractivity contribution is -0.134. The normalized spacial score (nSPS) is 23.3. The Labute approximate surface area is 278 Å². The first kappa shape index (κ1) is 32.4. The molecule has 1 aromatic heterocycles. The van der Waals surface area contributed by atoms with Gasteiger partial charge in [-0.25, -0.2) is 4.68 Å². The van der Waals surface area contributed by atoms with Crippen LogP contribution in [-0.2, 0) is 23.2 Å². The van der Waals surface area contributed by atoms with Crippen LogP contribution in [0.1, 0.15) is 66.2 Å². The van der Waals surface area contributed by atoms with Gasteiger partial charge >= 0.3 is 0 Å². The van der Waals surface area contributed by atoms with Gasteiger partial charge in [-0.1, -0.05) is 30.3 Å². The SMILES string of the molecule is Cc1cc(OC2CCN(Cc3ccc([C@@H]4C[C@H](Nc5cnn(C)c(=O)c5Br)CN(C)C4)cc3)CC2)ccc1C1CCC(=O)NC1=O. The third-order valence-electron chi connectivity index (χ3n) is 9.62. The zero-order valence-electron chi connectivity index (χ0n) is 26.8. The quantitative estimate of drug-likeness (QED) is 0.337. The number of nitrogens with one attached hydrogen (secondary N) is 2.